The maximum Gasteiger partial charge on any atom is 0.310 e. The van der Waals surface area contributed by atoms with Crippen LogP contribution in [-0.4, -0.2) is 30.1 Å². The van der Waals surface area contributed by atoms with Gasteiger partial charge in [0.15, 0.2) is 0 Å². The van der Waals surface area contributed by atoms with Crippen LogP contribution in [0.3, 0.4) is 0 Å². The van der Waals surface area contributed by atoms with Crippen LogP contribution in [0.4, 0.5) is 0 Å². The molecule has 0 saturated heterocycles. The normalized spacial score (nSPS) is 14.5. The number of benzene rings is 3. The Balaban J connectivity index is 1.29. The van der Waals surface area contributed by atoms with Crippen LogP contribution in [0.15, 0.2) is 78.9 Å². The summed E-state index contributed by atoms with van der Waals surface area (Å²) < 4.78 is 17.3. The molecular formula is C40H50O6. The van der Waals surface area contributed by atoms with Crippen molar-refractivity contribution in [3.05, 3.63) is 95.6 Å². The zero-order valence-corrected chi connectivity index (χ0v) is 28.1. The van der Waals surface area contributed by atoms with Crippen molar-refractivity contribution in [2.75, 3.05) is 6.61 Å². The van der Waals surface area contributed by atoms with Crippen LogP contribution in [0.25, 0.3) is 11.1 Å². The Bertz CT molecular complexity index is 1390. The zero-order chi connectivity index (χ0) is 33.1. The second kappa shape index (κ2) is 16.6. The standard InChI is InChI=1S/C40H50O6/c1-6-30(38(42)45-27-36-33-23-16-14-21-31(33)32-22-15-17-24-34(32)36)35(39(43)46-40(3,4)5)25-13-8-7-10-18-28(2)37(41)44-26-29-19-11-9-12-20-29/h9,11-12,14-17,19-24,28,30,35-36H,6-8,10,13,18,25-27H2,1-5H3. The first-order valence-corrected chi connectivity index (χ1v) is 16.9. The van der Waals surface area contributed by atoms with Gasteiger partial charge in [0.1, 0.15) is 18.8 Å². The largest absolute Gasteiger partial charge is 0.464 e. The summed E-state index contributed by atoms with van der Waals surface area (Å²) in [6.07, 6.45) is 5.29. The van der Waals surface area contributed by atoms with Crippen LogP contribution < -0.4 is 0 Å². The monoisotopic (exact) mass is 626 g/mol. The van der Waals surface area contributed by atoms with Crippen molar-refractivity contribution >= 4 is 17.9 Å². The molecule has 0 spiro atoms. The molecule has 3 aromatic carbocycles. The van der Waals surface area contributed by atoms with Crippen molar-refractivity contribution in [2.24, 2.45) is 17.8 Å². The fourth-order valence-corrected chi connectivity index (χ4v) is 6.35. The number of esters is 3. The van der Waals surface area contributed by atoms with E-state index >= 15 is 0 Å². The Morgan fingerprint density at radius 3 is 1.83 bits per heavy atom. The van der Waals surface area contributed by atoms with Gasteiger partial charge in [-0.15, -0.1) is 0 Å². The molecule has 0 bridgehead atoms. The van der Waals surface area contributed by atoms with Gasteiger partial charge in [0.25, 0.3) is 0 Å². The lowest BCUT2D eigenvalue weighted by molar-refractivity contribution is -0.169. The number of carbonyl (C=O) groups excluding carboxylic acids is 3. The number of fused-ring (bicyclic) bond motifs is 3. The Hall–Kier alpha value is -3.93. The Kier molecular flexibility index (Phi) is 12.6. The lowest BCUT2D eigenvalue weighted by Gasteiger charge is -2.28. The first-order valence-electron chi connectivity index (χ1n) is 16.9. The van der Waals surface area contributed by atoms with Crippen LogP contribution in [-0.2, 0) is 35.2 Å². The molecule has 0 N–H and O–H groups in total. The minimum absolute atomic E-state index is 0.0353. The summed E-state index contributed by atoms with van der Waals surface area (Å²) in [6.45, 7) is 9.91. The molecule has 0 radical (unpaired) electrons. The molecule has 6 heteroatoms. The predicted octanol–water partition coefficient (Wildman–Crippen LogP) is 9.05. The first-order chi connectivity index (χ1) is 22.1. The number of carbonyl (C=O) groups is 3. The minimum atomic E-state index is -0.653. The molecule has 3 atom stereocenters. The van der Waals surface area contributed by atoms with E-state index in [1.807, 2.05) is 89.2 Å². The summed E-state index contributed by atoms with van der Waals surface area (Å²) in [5.41, 5.74) is 5.00. The van der Waals surface area contributed by atoms with Crippen LogP contribution >= 0.6 is 0 Å². The number of hydrogen-bond donors (Lipinski definition) is 0. The van der Waals surface area contributed by atoms with E-state index in [-0.39, 0.29) is 36.4 Å². The van der Waals surface area contributed by atoms with Gasteiger partial charge in [-0.3, -0.25) is 14.4 Å². The van der Waals surface area contributed by atoms with E-state index in [4.69, 9.17) is 14.2 Å². The molecule has 4 rings (SSSR count). The molecule has 3 unspecified atom stereocenters. The third-order valence-electron chi connectivity index (χ3n) is 8.82. The third kappa shape index (κ3) is 9.54. The summed E-state index contributed by atoms with van der Waals surface area (Å²) >= 11 is 0. The van der Waals surface area contributed by atoms with Gasteiger partial charge in [0.2, 0.25) is 0 Å². The summed E-state index contributed by atoms with van der Waals surface area (Å²) in [6, 6.07) is 26.2. The smallest absolute Gasteiger partial charge is 0.310 e. The quantitative estimate of drug-likeness (QED) is 0.0897. The second-order valence-corrected chi connectivity index (χ2v) is 13.5. The highest BCUT2D eigenvalue weighted by Crippen LogP contribution is 2.44. The molecule has 0 heterocycles. The van der Waals surface area contributed by atoms with Gasteiger partial charge in [-0.1, -0.05) is 118 Å². The molecule has 0 aliphatic heterocycles. The van der Waals surface area contributed by atoms with E-state index in [2.05, 4.69) is 24.3 Å². The highest BCUT2D eigenvalue weighted by atomic mass is 16.6. The van der Waals surface area contributed by atoms with Crippen molar-refractivity contribution in [2.45, 2.75) is 97.7 Å². The van der Waals surface area contributed by atoms with Gasteiger partial charge in [-0.2, -0.15) is 0 Å². The third-order valence-corrected chi connectivity index (χ3v) is 8.82. The first kappa shape index (κ1) is 34.9. The molecular weight excluding hydrogens is 576 g/mol. The maximum absolute atomic E-state index is 13.6. The SMILES string of the molecule is CCC(C(=O)OCC1c2ccccc2-c2ccccc21)C(CCCCCCC(C)C(=O)OCc1ccccc1)C(=O)OC(C)(C)C. The lowest BCUT2D eigenvalue weighted by Crippen LogP contribution is -2.36. The highest BCUT2D eigenvalue weighted by molar-refractivity contribution is 5.83. The van der Waals surface area contributed by atoms with Gasteiger partial charge in [-0.05, 0) is 67.9 Å². The van der Waals surface area contributed by atoms with Crippen molar-refractivity contribution in [3.8, 4) is 11.1 Å². The molecule has 0 amide bonds. The molecule has 1 aliphatic carbocycles. The van der Waals surface area contributed by atoms with E-state index in [1.165, 1.54) is 11.1 Å². The maximum atomic E-state index is 13.6. The zero-order valence-electron chi connectivity index (χ0n) is 28.1. The Morgan fingerprint density at radius 1 is 0.674 bits per heavy atom. The minimum Gasteiger partial charge on any atom is -0.464 e. The number of ether oxygens (including phenoxy) is 3. The fraction of sp³-hybridized carbons (Fsp3) is 0.475. The van der Waals surface area contributed by atoms with Crippen molar-refractivity contribution < 1.29 is 28.6 Å². The predicted molar refractivity (Wildman–Crippen MR) is 181 cm³/mol. The molecule has 0 saturated carbocycles. The van der Waals surface area contributed by atoms with Crippen LogP contribution in [0.2, 0.25) is 0 Å². The molecule has 6 nitrogen and oxygen atoms in total. The summed E-state index contributed by atoms with van der Waals surface area (Å²) in [5.74, 6) is -2.23. The van der Waals surface area contributed by atoms with Gasteiger partial charge in [0, 0.05) is 5.92 Å². The average molecular weight is 627 g/mol. The van der Waals surface area contributed by atoms with Gasteiger partial charge in [0.05, 0.1) is 17.8 Å². The van der Waals surface area contributed by atoms with E-state index in [0.717, 1.165) is 48.8 Å². The van der Waals surface area contributed by atoms with E-state index in [1.54, 1.807) is 0 Å². The molecule has 246 valence electrons. The molecule has 3 aromatic rings. The Labute approximate surface area is 274 Å². The summed E-state index contributed by atoms with van der Waals surface area (Å²) in [5, 5.41) is 0. The van der Waals surface area contributed by atoms with E-state index in [9.17, 15) is 14.4 Å². The lowest BCUT2D eigenvalue weighted by atomic mass is 9.85. The fourth-order valence-electron chi connectivity index (χ4n) is 6.35. The summed E-state index contributed by atoms with van der Waals surface area (Å²) in [4.78, 5) is 39.5. The highest BCUT2D eigenvalue weighted by Gasteiger charge is 2.37. The molecule has 0 fully saturated rings. The van der Waals surface area contributed by atoms with E-state index in [0.29, 0.717) is 19.4 Å². The summed E-state index contributed by atoms with van der Waals surface area (Å²) in [7, 11) is 0. The average Bonchev–Trinajstić information content (AvgIpc) is 3.36. The van der Waals surface area contributed by atoms with Crippen LogP contribution in [0, 0.1) is 17.8 Å². The Morgan fingerprint density at radius 2 is 1.24 bits per heavy atom. The van der Waals surface area contributed by atoms with Gasteiger partial charge in [-0.25, -0.2) is 0 Å². The number of rotatable bonds is 16. The topological polar surface area (TPSA) is 78.9 Å². The molecule has 0 aromatic heterocycles. The van der Waals surface area contributed by atoms with E-state index < -0.39 is 17.4 Å². The number of hydrogen-bond acceptors (Lipinski definition) is 6. The van der Waals surface area contributed by atoms with Crippen molar-refractivity contribution in [1.29, 1.82) is 0 Å². The molecule has 1 aliphatic rings. The van der Waals surface area contributed by atoms with Crippen molar-refractivity contribution in [1.82, 2.24) is 0 Å². The second-order valence-electron chi connectivity index (χ2n) is 13.5. The van der Waals surface area contributed by atoms with Crippen LogP contribution in [0.1, 0.15) is 102 Å². The van der Waals surface area contributed by atoms with Crippen LogP contribution in [0.5, 0.6) is 0 Å². The molecule has 46 heavy (non-hydrogen) atoms. The number of unbranched alkanes of at least 4 members (excludes halogenated alkanes) is 3. The van der Waals surface area contributed by atoms with Gasteiger partial charge < -0.3 is 14.2 Å². The van der Waals surface area contributed by atoms with Gasteiger partial charge >= 0.3 is 17.9 Å². The van der Waals surface area contributed by atoms with Crippen molar-refractivity contribution in [3.63, 3.8) is 0 Å².